The van der Waals surface area contributed by atoms with E-state index in [1.165, 1.54) is 60.3 Å². The molecule has 4 heteroatoms. The fourth-order valence-corrected chi connectivity index (χ4v) is 7.78. The van der Waals surface area contributed by atoms with Crippen molar-refractivity contribution < 1.29 is 0 Å². The molecule has 4 nitrogen and oxygen atoms in total. The van der Waals surface area contributed by atoms with Gasteiger partial charge in [-0.1, -0.05) is 91.0 Å². The predicted molar refractivity (Wildman–Crippen MR) is 179 cm³/mol. The zero-order valence-electron chi connectivity index (χ0n) is 23.9. The maximum atomic E-state index is 5.41. The molecular weight excluding hydrogens is 536 g/mol. The molecule has 0 saturated heterocycles. The Morgan fingerprint density at radius 2 is 1.34 bits per heavy atom. The van der Waals surface area contributed by atoms with Gasteiger partial charge < -0.3 is 4.40 Å². The van der Waals surface area contributed by atoms with Crippen LogP contribution in [0.25, 0.3) is 71.5 Å². The summed E-state index contributed by atoms with van der Waals surface area (Å²) < 4.78 is 2.47. The molecule has 10 rings (SSSR count). The van der Waals surface area contributed by atoms with Crippen LogP contribution >= 0.6 is 0 Å². The topological polar surface area (TPSA) is 43.1 Å². The summed E-state index contributed by atoms with van der Waals surface area (Å²) in [7, 11) is 0. The number of rotatable bonds is 2. The molecule has 0 saturated carbocycles. The molecule has 1 aliphatic rings. The van der Waals surface area contributed by atoms with Crippen molar-refractivity contribution in [2.45, 2.75) is 18.8 Å². The van der Waals surface area contributed by atoms with Crippen LogP contribution in [0.5, 0.6) is 0 Å². The SMILES string of the molecule is c1ccc(-c2nc(C3CCc4ccccc4-c4cc5c6ccccc6n6c7ccccc7c(c43)c56)nc3ncccc23)cc1. The Morgan fingerprint density at radius 1 is 0.614 bits per heavy atom. The summed E-state index contributed by atoms with van der Waals surface area (Å²) in [6.45, 7) is 0. The van der Waals surface area contributed by atoms with E-state index in [-0.39, 0.29) is 5.92 Å². The van der Waals surface area contributed by atoms with Gasteiger partial charge in [-0.2, -0.15) is 0 Å². The Kier molecular flexibility index (Phi) is 4.86. The summed E-state index contributed by atoms with van der Waals surface area (Å²) in [4.78, 5) is 15.4. The molecule has 4 aromatic heterocycles. The standard InChI is InChI=1S/C40H26N4/c1-2-12-25(13-3-1)37-30-17-10-22-41-39(30)43-40(42-37)29-21-20-24-11-4-5-14-26(24)31-23-32-27-15-6-8-18-33(27)44-34-19-9-7-16-28(34)36(35(29)31)38(32)44/h1-19,22-23,29H,20-21H2. The van der Waals surface area contributed by atoms with Crippen molar-refractivity contribution in [3.8, 4) is 22.4 Å². The average Bonchev–Trinajstić information content (AvgIpc) is 3.54. The van der Waals surface area contributed by atoms with Gasteiger partial charge in [0.25, 0.3) is 0 Å². The summed E-state index contributed by atoms with van der Waals surface area (Å²) in [5.74, 6) is 0.829. The second-order valence-electron chi connectivity index (χ2n) is 11.9. The molecule has 44 heavy (non-hydrogen) atoms. The maximum Gasteiger partial charge on any atom is 0.163 e. The zero-order chi connectivity index (χ0) is 28.8. The minimum atomic E-state index is -0.0108. The molecule has 5 aromatic carbocycles. The van der Waals surface area contributed by atoms with Gasteiger partial charge in [-0.3, -0.25) is 0 Å². The van der Waals surface area contributed by atoms with Gasteiger partial charge in [0.2, 0.25) is 0 Å². The van der Waals surface area contributed by atoms with Crippen LogP contribution < -0.4 is 0 Å². The van der Waals surface area contributed by atoms with Crippen LogP contribution in [0.4, 0.5) is 0 Å². The average molecular weight is 563 g/mol. The normalized spacial score (nSPS) is 14.9. The van der Waals surface area contributed by atoms with E-state index < -0.39 is 0 Å². The largest absolute Gasteiger partial charge is 0.308 e. The highest BCUT2D eigenvalue weighted by atomic mass is 15.0. The van der Waals surface area contributed by atoms with E-state index in [0.29, 0.717) is 0 Å². The van der Waals surface area contributed by atoms with Crippen molar-refractivity contribution in [3.63, 3.8) is 0 Å². The summed E-state index contributed by atoms with van der Waals surface area (Å²) in [6.07, 6.45) is 3.70. The number of nitrogens with zero attached hydrogens (tertiary/aromatic N) is 4. The zero-order valence-corrected chi connectivity index (χ0v) is 23.9. The minimum absolute atomic E-state index is 0.0108. The summed E-state index contributed by atoms with van der Waals surface area (Å²) in [6, 6.07) is 43.6. The van der Waals surface area contributed by atoms with Crippen LogP contribution in [-0.2, 0) is 6.42 Å². The first-order valence-corrected chi connectivity index (χ1v) is 15.3. The van der Waals surface area contributed by atoms with Crippen LogP contribution in [0.2, 0.25) is 0 Å². The third kappa shape index (κ3) is 3.20. The van der Waals surface area contributed by atoms with Gasteiger partial charge in [0, 0.05) is 44.6 Å². The molecule has 0 amide bonds. The van der Waals surface area contributed by atoms with Gasteiger partial charge in [0.15, 0.2) is 5.65 Å². The van der Waals surface area contributed by atoms with Crippen molar-refractivity contribution in [3.05, 3.63) is 144 Å². The number of hydrogen-bond donors (Lipinski definition) is 0. The van der Waals surface area contributed by atoms with Crippen LogP contribution in [0.1, 0.15) is 29.3 Å². The molecule has 1 aliphatic carbocycles. The monoisotopic (exact) mass is 562 g/mol. The first-order valence-electron chi connectivity index (χ1n) is 15.3. The molecule has 0 bridgehead atoms. The summed E-state index contributed by atoms with van der Waals surface area (Å²) in [5.41, 5.74) is 11.8. The van der Waals surface area contributed by atoms with Crippen molar-refractivity contribution in [1.82, 2.24) is 19.4 Å². The van der Waals surface area contributed by atoms with Crippen LogP contribution in [0.3, 0.4) is 0 Å². The van der Waals surface area contributed by atoms with Gasteiger partial charge in [-0.05, 0) is 65.4 Å². The number of aromatic nitrogens is 4. The van der Waals surface area contributed by atoms with Crippen LogP contribution in [0.15, 0.2) is 128 Å². The highest BCUT2D eigenvalue weighted by Crippen LogP contribution is 2.50. The molecule has 4 heterocycles. The lowest BCUT2D eigenvalue weighted by Gasteiger charge is -2.20. The van der Waals surface area contributed by atoms with E-state index in [9.17, 15) is 0 Å². The number of aryl methyl sites for hydroxylation is 1. The van der Waals surface area contributed by atoms with Gasteiger partial charge in [0.05, 0.1) is 22.2 Å². The third-order valence-electron chi connectivity index (χ3n) is 9.62. The highest BCUT2D eigenvalue weighted by Gasteiger charge is 2.32. The van der Waals surface area contributed by atoms with E-state index >= 15 is 0 Å². The Balaban J connectivity index is 1.38. The highest BCUT2D eigenvalue weighted by molar-refractivity contribution is 6.26. The van der Waals surface area contributed by atoms with Crippen molar-refractivity contribution in [2.24, 2.45) is 0 Å². The maximum absolute atomic E-state index is 5.41. The Morgan fingerprint density at radius 3 is 2.23 bits per heavy atom. The van der Waals surface area contributed by atoms with Crippen LogP contribution in [0, 0.1) is 0 Å². The van der Waals surface area contributed by atoms with Crippen molar-refractivity contribution in [2.75, 3.05) is 0 Å². The van der Waals surface area contributed by atoms with Gasteiger partial charge in [0.1, 0.15) is 5.82 Å². The van der Waals surface area contributed by atoms with E-state index in [4.69, 9.17) is 15.0 Å². The van der Waals surface area contributed by atoms with E-state index in [1.54, 1.807) is 0 Å². The smallest absolute Gasteiger partial charge is 0.163 e. The summed E-state index contributed by atoms with van der Waals surface area (Å²) >= 11 is 0. The quantitative estimate of drug-likeness (QED) is 0.211. The molecule has 206 valence electrons. The van der Waals surface area contributed by atoms with Crippen LogP contribution in [-0.4, -0.2) is 19.4 Å². The van der Waals surface area contributed by atoms with Crippen molar-refractivity contribution >= 4 is 49.1 Å². The lowest BCUT2D eigenvalue weighted by atomic mass is 9.85. The Bertz CT molecular complexity index is 2560. The van der Waals surface area contributed by atoms with E-state index in [1.807, 2.05) is 18.3 Å². The summed E-state index contributed by atoms with van der Waals surface area (Å²) in [5, 5.41) is 6.16. The van der Waals surface area contributed by atoms with Gasteiger partial charge in [-0.25, -0.2) is 15.0 Å². The first-order chi connectivity index (χ1) is 21.8. The molecule has 0 N–H and O–H groups in total. The predicted octanol–water partition coefficient (Wildman–Crippen LogP) is 9.59. The van der Waals surface area contributed by atoms with Gasteiger partial charge >= 0.3 is 0 Å². The first kappa shape index (κ1) is 23.9. The lowest BCUT2D eigenvalue weighted by molar-refractivity contribution is 0.688. The molecule has 9 aromatic rings. The number of benzene rings is 5. The van der Waals surface area contributed by atoms with Crippen molar-refractivity contribution in [1.29, 1.82) is 0 Å². The number of hydrogen-bond acceptors (Lipinski definition) is 3. The minimum Gasteiger partial charge on any atom is -0.308 e. The Labute approximate surface area is 253 Å². The second-order valence-corrected chi connectivity index (χ2v) is 11.9. The fourth-order valence-electron chi connectivity index (χ4n) is 7.78. The number of para-hydroxylation sites is 2. The number of pyridine rings is 1. The van der Waals surface area contributed by atoms with E-state index in [2.05, 4.69) is 114 Å². The molecule has 0 aliphatic heterocycles. The fraction of sp³-hybridized carbons (Fsp3) is 0.0750. The lowest BCUT2D eigenvalue weighted by Crippen LogP contribution is -2.10. The second kappa shape index (κ2) is 8.95. The molecule has 0 radical (unpaired) electrons. The van der Waals surface area contributed by atoms with E-state index in [0.717, 1.165) is 41.0 Å². The molecule has 1 atom stereocenters. The number of fused-ring (bicyclic) bond motifs is 11. The molecular formula is C40H26N4. The molecule has 0 spiro atoms. The molecule has 0 fully saturated rings. The third-order valence-corrected chi connectivity index (χ3v) is 9.62. The Hall–Kier alpha value is -5.61. The molecule has 1 unspecified atom stereocenters. The van der Waals surface area contributed by atoms with Gasteiger partial charge in [-0.15, -0.1) is 0 Å².